The molecule has 0 spiro atoms. The van der Waals surface area contributed by atoms with Gasteiger partial charge in [0.1, 0.15) is 5.82 Å². The quantitative estimate of drug-likeness (QED) is 0.617. The van der Waals surface area contributed by atoms with Gasteiger partial charge in [-0.25, -0.2) is 4.98 Å². The fourth-order valence-electron chi connectivity index (χ4n) is 2.98. The molecule has 1 saturated carbocycles. The molecule has 3 aromatic rings. The van der Waals surface area contributed by atoms with Crippen LogP contribution in [0.4, 0.5) is 5.82 Å². The summed E-state index contributed by atoms with van der Waals surface area (Å²) >= 11 is 1.70. The van der Waals surface area contributed by atoms with Gasteiger partial charge in [-0.05, 0) is 56.7 Å². The van der Waals surface area contributed by atoms with Crippen molar-refractivity contribution in [1.29, 1.82) is 0 Å². The van der Waals surface area contributed by atoms with Crippen molar-refractivity contribution >= 4 is 44.1 Å². The maximum atomic E-state index is 12.4. The molecule has 4 N–H and O–H groups in total. The SMILES string of the molecule is CC(C)(N)CCNc1nc2cc(C(=O)NC3CC3)ccc2c2sccc12. The van der Waals surface area contributed by atoms with Crippen LogP contribution in [0, 0.1) is 0 Å². The van der Waals surface area contributed by atoms with E-state index < -0.39 is 0 Å². The smallest absolute Gasteiger partial charge is 0.251 e. The van der Waals surface area contributed by atoms with Crippen molar-refractivity contribution in [3.63, 3.8) is 0 Å². The number of nitrogens with two attached hydrogens (primary N) is 1. The van der Waals surface area contributed by atoms with Gasteiger partial charge in [-0.2, -0.15) is 0 Å². The molecule has 1 fully saturated rings. The first-order valence-corrected chi connectivity index (χ1v) is 9.93. The molecule has 26 heavy (non-hydrogen) atoms. The number of hydrogen-bond donors (Lipinski definition) is 3. The van der Waals surface area contributed by atoms with E-state index in [-0.39, 0.29) is 11.4 Å². The van der Waals surface area contributed by atoms with Crippen molar-refractivity contribution in [3.05, 3.63) is 35.2 Å². The number of carbonyl (C=O) groups excluding carboxylic acids is 1. The van der Waals surface area contributed by atoms with Crippen molar-refractivity contribution < 1.29 is 4.79 Å². The number of fused-ring (bicyclic) bond motifs is 3. The Balaban J connectivity index is 1.68. The Bertz CT molecular complexity index is 969. The van der Waals surface area contributed by atoms with Crippen molar-refractivity contribution in [2.75, 3.05) is 11.9 Å². The fourth-order valence-corrected chi connectivity index (χ4v) is 3.91. The molecule has 2 aromatic heterocycles. The molecule has 1 aliphatic carbocycles. The number of carbonyl (C=O) groups is 1. The maximum absolute atomic E-state index is 12.4. The number of nitrogens with one attached hydrogen (secondary N) is 2. The molecule has 0 unspecified atom stereocenters. The van der Waals surface area contributed by atoms with E-state index in [4.69, 9.17) is 10.7 Å². The molecule has 136 valence electrons. The Hall–Kier alpha value is -2.18. The minimum absolute atomic E-state index is 0.0122. The number of hydrogen-bond acceptors (Lipinski definition) is 5. The number of benzene rings is 1. The highest BCUT2D eigenvalue weighted by Crippen LogP contribution is 2.34. The largest absolute Gasteiger partial charge is 0.369 e. The highest BCUT2D eigenvalue weighted by atomic mass is 32.1. The molecule has 0 atom stereocenters. The highest BCUT2D eigenvalue weighted by Gasteiger charge is 2.24. The molecular weight excluding hydrogens is 344 g/mol. The molecule has 1 aromatic carbocycles. The third-order valence-electron chi connectivity index (χ3n) is 4.63. The number of thiophene rings is 1. The highest BCUT2D eigenvalue weighted by molar-refractivity contribution is 7.18. The normalized spacial score (nSPS) is 14.7. The predicted octanol–water partition coefficient (Wildman–Crippen LogP) is 3.88. The van der Waals surface area contributed by atoms with Crippen LogP contribution in [0.3, 0.4) is 0 Å². The molecule has 5 nitrogen and oxygen atoms in total. The van der Waals surface area contributed by atoms with Crippen LogP contribution < -0.4 is 16.4 Å². The summed E-state index contributed by atoms with van der Waals surface area (Å²) in [5.41, 5.74) is 7.38. The summed E-state index contributed by atoms with van der Waals surface area (Å²) in [7, 11) is 0. The summed E-state index contributed by atoms with van der Waals surface area (Å²) < 4.78 is 1.19. The van der Waals surface area contributed by atoms with Crippen LogP contribution in [0.15, 0.2) is 29.6 Å². The third kappa shape index (κ3) is 3.66. The first-order valence-electron chi connectivity index (χ1n) is 9.05. The number of anilines is 1. The van der Waals surface area contributed by atoms with E-state index in [9.17, 15) is 4.79 Å². The Morgan fingerprint density at radius 3 is 2.85 bits per heavy atom. The van der Waals surface area contributed by atoms with E-state index in [2.05, 4.69) is 22.1 Å². The van der Waals surface area contributed by atoms with E-state index in [0.29, 0.717) is 11.6 Å². The molecular formula is C20H24N4OS. The van der Waals surface area contributed by atoms with Crippen LogP contribution in [-0.2, 0) is 0 Å². The van der Waals surface area contributed by atoms with E-state index in [0.717, 1.165) is 47.9 Å². The summed E-state index contributed by atoms with van der Waals surface area (Å²) in [6.45, 7) is 4.80. The van der Waals surface area contributed by atoms with Crippen LogP contribution in [0.5, 0.6) is 0 Å². The molecule has 6 heteroatoms. The summed E-state index contributed by atoms with van der Waals surface area (Å²) in [6, 6.07) is 8.24. The van der Waals surface area contributed by atoms with Crippen molar-refractivity contribution in [2.24, 2.45) is 5.73 Å². The van der Waals surface area contributed by atoms with E-state index in [1.54, 1.807) is 11.3 Å². The van der Waals surface area contributed by atoms with Crippen LogP contribution in [0.2, 0.25) is 0 Å². The van der Waals surface area contributed by atoms with Crippen molar-refractivity contribution in [1.82, 2.24) is 10.3 Å². The van der Waals surface area contributed by atoms with Gasteiger partial charge in [0.15, 0.2) is 0 Å². The Morgan fingerprint density at radius 1 is 1.31 bits per heavy atom. The Kier molecular flexibility index (Phi) is 4.32. The minimum Gasteiger partial charge on any atom is -0.369 e. The molecule has 0 aliphatic heterocycles. The predicted molar refractivity (Wildman–Crippen MR) is 109 cm³/mol. The summed E-state index contributed by atoms with van der Waals surface area (Å²) in [5.74, 6) is 0.847. The number of nitrogens with zero attached hydrogens (tertiary/aromatic N) is 1. The lowest BCUT2D eigenvalue weighted by atomic mass is 10.0. The van der Waals surface area contributed by atoms with Gasteiger partial charge in [0, 0.05) is 39.2 Å². The average Bonchev–Trinajstić information content (AvgIpc) is 3.25. The van der Waals surface area contributed by atoms with Gasteiger partial charge in [0.25, 0.3) is 5.91 Å². The Labute approximate surface area is 157 Å². The number of pyridine rings is 1. The van der Waals surface area contributed by atoms with Gasteiger partial charge < -0.3 is 16.4 Å². The van der Waals surface area contributed by atoms with Crippen LogP contribution >= 0.6 is 11.3 Å². The second-order valence-corrected chi connectivity index (χ2v) is 8.68. The Morgan fingerprint density at radius 2 is 2.12 bits per heavy atom. The fraction of sp³-hybridized carbons (Fsp3) is 0.400. The summed E-state index contributed by atoms with van der Waals surface area (Å²) in [4.78, 5) is 17.2. The molecule has 2 heterocycles. The standard InChI is InChI=1S/C20H24N4OS/c1-20(2,21)8-9-22-18-15-7-10-26-17(15)14-6-3-12(11-16(14)24-18)19(25)23-13-4-5-13/h3,6-7,10-11,13H,4-5,8-9,21H2,1-2H3,(H,22,24)(H,23,25). The van der Waals surface area contributed by atoms with E-state index in [1.165, 1.54) is 4.70 Å². The molecule has 0 bridgehead atoms. The molecule has 1 amide bonds. The zero-order valence-electron chi connectivity index (χ0n) is 15.1. The first kappa shape index (κ1) is 17.2. The maximum Gasteiger partial charge on any atom is 0.251 e. The average molecular weight is 369 g/mol. The van der Waals surface area contributed by atoms with Crippen molar-refractivity contribution in [3.8, 4) is 0 Å². The van der Waals surface area contributed by atoms with Gasteiger partial charge >= 0.3 is 0 Å². The van der Waals surface area contributed by atoms with E-state index >= 15 is 0 Å². The first-order chi connectivity index (χ1) is 12.4. The second kappa shape index (κ2) is 6.52. The molecule has 0 saturated heterocycles. The van der Waals surface area contributed by atoms with Crippen molar-refractivity contribution in [2.45, 2.75) is 44.7 Å². The molecule has 0 radical (unpaired) electrons. The minimum atomic E-state index is -0.217. The number of amides is 1. The van der Waals surface area contributed by atoms with Gasteiger partial charge in [-0.1, -0.05) is 6.07 Å². The van der Waals surface area contributed by atoms with Gasteiger partial charge in [0.05, 0.1) is 5.52 Å². The topological polar surface area (TPSA) is 80.0 Å². The lowest BCUT2D eigenvalue weighted by Gasteiger charge is -2.19. The summed E-state index contributed by atoms with van der Waals surface area (Å²) in [6.07, 6.45) is 3.01. The lowest BCUT2D eigenvalue weighted by Crippen LogP contribution is -2.34. The van der Waals surface area contributed by atoms with Crippen LogP contribution in [0.1, 0.15) is 43.5 Å². The van der Waals surface area contributed by atoms with Gasteiger partial charge in [-0.15, -0.1) is 11.3 Å². The van der Waals surface area contributed by atoms with Gasteiger partial charge in [-0.3, -0.25) is 4.79 Å². The second-order valence-electron chi connectivity index (χ2n) is 7.77. The number of rotatable bonds is 6. The third-order valence-corrected chi connectivity index (χ3v) is 5.58. The van der Waals surface area contributed by atoms with E-state index in [1.807, 2.05) is 32.0 Å². The number of aromatic nitrogens is 1. The summed E-state index contributed by atoms with van der Waals surface area (Å²) in [5, 5.41) is 10.8. The zero-order valence-corrected chi connectivity index (χ0v) is 16.0. The lowest BCUT2D eigenvalue weighted by molar-refractivity contribution is 0.0951. The molecule has 4 rings (SSSR count). The monoisotopic (exact) mass is 368 g/mol. The van der Waals surface area contributed by atoms with Gasteiger partial charge in [0.2, 0.25) is 0 Å². The van der Waals surface area contributed by atoms with Crippen LogP contribution in [-0.4, -0.2) is 29.0 Å². The molecule has 1 aliphatic rings. The zero-order chi connectivity index (χ0) is 18.3. The van der Waals surface area contributed by atoms with Crippen LogP contribution in [0.25, 0.3) is 21.0 Å².